The molecule has 2 aromatic rings. The zero-order chi connectivity index (χ0) is 11.5. The Kier molecular flexibility index (Phi) is 2.78. The summed E-state index contributed by atoms with van der Waals surface area (Å²) in [7, 11) is 1.89. The molecule has 0 radical (unpaired) electrons. The van der Waals surface area contributed by atoms with Gasteiger partial charge in [-0.1, -0.05) is 6.92 Å². The number of nitrogens with zero attached hydrogens (tertiary/aromatic N) is 3. The van der Waals surface area contributed by atoms with Crippen LogP contribution in [0.5, 0.6) is 6.01 Å². The van der Waals surface area contributed by atoms with Crippen LogP contribution in [-0.4, -0.2) is 16.2 Å². The van der Waals surface area contributed by atoms with Crippen LogP contribution in [0.4, 0.5) is 0 Å². The fourth-order valence-electron chi connectivity index (χ4n) is 1.56. The van der Waals surface area contributed by atoms with Crippen LogP contribution >= 0.6 is 0 Å². The number of aromatic nitrogens is 2. The molecule has 0 aliphatic carbocycles. The molecule has 82 valence electrons. The first kappa shape index (κ1) is 10.5. The van der Waals surface area contributed by atoms with Gasteiger partial charge in [-0.3, -0.25) is 4.57 Å². The highest BCUT2D eigenvalue weighted by molar-refractivity contribution is 5.78. The third kappa shape index (κ3) is 1.72. The van der Waals surface area contributed by atoms with Gasteiger partial charge in [0.25, 0.3) is 6.01 Å². The van der Waals surface area contributed by atoms with Gasteiger partial charge in [0.1, 0.15) is 0 Å². The van der Waals surface area contributed by atoms with Gasteiger partial charge in [-0.2, -0.15) is 10.2 Å². The van der Waals surface area contributed by atoms with E-state index < -0.39 is 0 Å². The summed E-state index contributed by atoms with van der Waals surface area (Å²) < 4.78 is 7.38. The maximum absolute atomic E-state index is 8.83. The quantitative estimate of drug-likeness (QED) is 0.788. The van der Waals surface area contributed by atoms with E-state index in [1.807, 2.05) is 23.7 Å². The molecule has 0 saturated heterocycles. The van der Waals surface area contributed by atoms with Gasteiger partial charge in [-0.15, -0.1) is 0 Å². The van der Waals surface area contributed by atoms with Crippen molar-refractivity contribution in [3.05, 3.63) is 23.8 Å². The van der Waals surface area contributed by atoms with Gasteiger partial charge in [0.2, 0.25) is 0 Å². The maximum atomic E-state index is 8.83. The van der Waals surface area contributed by atoms with Crippen LogP contribution in [0.3, 0.4) is 0 Å². The molecule has 1 aromatic heterocycles. The molecule has 4 nitrogen and oxygen atoms in total. The molecular formula is C12H13N3O. The minimum atomic E-state index is 0.604. The number of ether oxygens (including phenoxy) is 1. The summed E-state index contributed by atoms with van der Waals surface area (Å²) in [5.41, 5.74) is 2.41. The molecule has 0 fully saturated rings. The van der Waals surface area contributed by atoms with E-state index in [2.05, 4.69) is 18.0 Å². The Hall–Kier alpha value is -2.02. The van der Waals surface area contributed by atoms with E-state index in [-0.39, 0.29) is 0 Å². The van der Waals surface area contributed by atoms with Crippen LogP contribution in [0.2, 0.25) is 0 Å². The van der Waals surface area contributed by atoms with Crippen LogP contribution in [0.15, 0.2) is 18.2 Å². The van der Waals surface area contributed by atoms with Crippen LogP contribution in [0.25, 0.3) is 11.0 Å². The molecule has 0 saturated carbocycles. The SMILES string of the molecule is CCCOc1nc2ccc(C#N)cc2n1C. The second kappa shape index (κ2) is 4.23. The Morgan fingerprint density at radius 2 is 2.31 bits per heavy atom. The highest BCUT2D eigenvalue weighted by atomic mass is 16.5. The highest BCUT2D eigenvalue weighted by Gasteiger charge is 2.08. The molecule has 2 rings (SSSR count). The third-order valence-electron chi connectivity index (χ3n) is 2.40. The number of benzene rings is 1. The number of aryl methyl sites for hydroxylation is 1. The first-order chi connectivity index (χ1) is 7.76. The Morgan fingerprint density at radius 3 is 3.00 bits per heavy atom. The number of nitriles is 1. The Morgan fingerprint density at radius 1 is 1.50 bits per heavy atom. The molecule has 1 heterocycles. The number of hydrogen-bond donors (Lipinski definition) is 0. The Bertz CT molecular complexity index is 551. The van der Waals surface area contributed by atoms with E-state index in [1.165, 1.54) is 0 Å². The minimum absolute atomic E-state index is 0.604. The third-order valence-corrected chi connectivity index (χ3v) is 2.40. The molecule has 16 heavy (non-hydrogen) atoms. The number of fused-ring (bicyclic) bond motifs is 1. The number of rotatable bonds is 3. The first-order valence-corrected chi connectivity index (χ1v) is 5.25. The van der Waals surface area contributed by atoms with Crippen molar-refractivity contribution in [3.63, 3.8) is 0 Å². The fraction of sp³-hybridized carbons (Fsp3) is 0.333. The maximum Gasteiger partial charge on any atom is 0.297 e. The van der Waals surface area contributed by atoms with Gasteiger partial charge in [-0.25, -0.2) is 0 Å². The van der Waals surface area contributed by atoms with E-state index >= 15 is 0 Å². The van der Waals surface area contributed by atoms with E-state index in [1.54, 1.807) is 6.07 Å². The second-order valence-electron chi connectivity index (χ2n) is 3.62. The van der Waals surface area contributed by atoms with Gasteiger partial charge in [0, 0.05) is 7.05 Å². The van der Waals surface area contributed by atoms with E-state index in [4.69, 9.17) is 10.00 Å². The molecule has 4 heteroatoms. The van der Waals surface area contributed by atoms with Crippen molar-refractivity contribution >= 4 is 11.0 Å². The van der Waals surface area contributed by atoms with Gasteiger partial charge >= 0.3 is 0 Å². The standard InChI is InChI=1S/C12H13N3O/c1-3-6-16-12-14-10-5-4-9(8-13)7-11(10)15(12)2/h4-5,7H,3,6H2,1-2H3. The molecule has 1 aromatic carbocycles. The largest absolute Gasteiger partial charge is 0.465 e. The Balaban J connectivity index is 2.47. The van der Waals surface area contributed by atoms with Crippen molar-refractivity contribution in [2.75, 3.05) is 6.61 Å². The van der Waals surface area contributed by atoms with Gasteiger partial charge in [0.05, 0.1) is 29.3 Å². The number of imidazole rings is 1. The number of hydrogen-bond acceptors (Lipinski definition) is 3. The first-order valence-electron chi connectivity index (χ1n) is 5.25. The molecule has 0 aliphatic rings. The molecule has 0 unspecified atom stereocenters. The van der Waals surface area contributed by atoms with Crippen molar-refractivity contribution in [2.24, 2.45) is 7.05 Å². The molecule has 0 spiro atoms. The van der Waals surface area contributed by atoms with Crippen molar-refractivity contribution in [3.8, 4) is 12.1 Å². The average molecular weight is 215 g/mol. The molecule has 0 aliphatic heterocycles. The van der Waals surface area contributed by atoms with Crippen LogP contribution in [0.1, 0.15) is 18.9 Å². The molecule has 0 atom stereocenters. The molecular weight excluding hydrogens is 202 g/mol. The lowest BCUT2D eigenvalue weighted by Gasteiger charge is -2.02. The predicted octanol–water partition coefficient (Wildman–Crippen LogP) is 2.23. The molecule has 0 amide bonds. The van der Waals surface area contributed by atoms with Gasteiger partial charge in [0.15, 0.2) is 0 Å². The lowest BCUT2D eigenvalue weighted by Crippen LogP contribution is -2.01. The van der Waals surface area contributed by atoms with Crippen LogP contribution < -0.4 is 4.74 Å². The summed E-state index contributed by atoms with van der Waals surface area (Å²) in [6.07, 6.45) is 0.951. The summed E-state index contributed by atoms with van der Waals surface area (Å²) >= 11 is 0. The lowest BCUT2D eigenvalue weighted by molar-refractivity contribution is 0.285. The smallest absolute Gasteiger partial charge is 0.297 e. The van der Waals surface area contributed by atoms with Crippen molar-refractivity contribution < 1.29 is 4.74 Å². The Labute approximate surface area is 94.1 Å². The van der Waals surface area contributed by atoms with Crippen LogP contribution in [0, 0.1) is 11.3 Å². The summed E-state index contributed by atoms with van der Waals surface area (Å²) in [6.45, 7) is 2.71. The topological polar surface area (TPSA) is 50.8 Å². The average Bonchev–Trinajstić information content (AvgIpc) is 2.63. The lowest BCUT2D eigenvalue weighted by atomic mass is 10.2. The molecule has 0 N–H and O–H groups in total. The van der Waals surface area contributed by atoms with Crippen molar-refractivity contribution in [1.29, 1.82) is 5.26 Å². The highest BCUT2D eigenvalue weighted by Crippen LogP contribution is 2.20. The zero-order valence-corrected chi connectivity index (χ0v) is 9.40. The summed E-state index contributed by atoms with van der Waals surface area (Å²) in [5, 5.41) is 8.83. The summed E-state index contributed by atoms with van der Waals surface area (Å²) in [5.74, 6) is 0. The predicted molar refractivity (Wildman–Crippen MR) is 61.2 cm³/mol. The minimum Gasteiger partial charge on any atom is -0.465 e. The normalized spacial score (nSPS) is 10.3. The molecule has 0 bridgehead atoms. The monoisotopic (exact) mass is 215 g/mol. The van der Waals surface area contributed by atoms with Gasteiger partial charge in [-0.05, 0) is 24.6 Å². The van der Waals surface area contributed by atoms with E-state index in [0.29, 0.717) is 18.2 Å². The van der Waals surface area contributed by atoms with E-state index in [9.17, 15) is 0 Å². The zero-order valence-electron chi connectivity index (χ0n) is 9.40. The summed E-state index contributed by atoms with van der Waals surface area (Å²) in [6, 6.07) is 8.14. The van der Waals surface area contributed by atoms with Gasteiger partial charge < -0.3 is 4.74 Å². The second-order valence-corrected chi connectivity index (χ2v) is 3.62. The van der Waals surface area contributed by atoms with Crippen molar-refractivity contribution in [2.45, 2.75) is 13.3 Å². The fourth-order valence-corrected chi connectivity index (χ4v) is 1.56. The van der Waals surface area contributed by atoms with Crippen molar-refractivity contribution in [1.82, 2.24) is 9.55 Å². The summed E-state index contributed by atoms with van der Waals surface area (Å²) in [4.78, 5) is 4.36. The van der Waals surface area contributed by atoms with Crippen LogP contribution in [-0.2, 0) is 7.05 Å². The van der Waals surface area contributed by atoms with E-state index in [0.717, 1.165) is 17.5 Å².